The van der Waals surface area contributed by atoms with Gasteiger partial charge in [-0.1, -0.05) is 24.3 Å². The Kier molecular flexibility index (Phi) is 6.82. The topological polar surface area (TPSA) is 66.0 Å². The van der Waals surface area contributed by atoms with Crippen LogP contribution in [0.5, 0.6) is 0 Å². The normalized spacial score (nSPS) is 17.1. The number of fused-ring (bicyclic) bond motifs is 1. The number of pyridine rings is 1. The first-order chi connectivity index (χ1) is 15.1. The van der Waals surface area contributed by atoms with E-state index in [2.05, 4.69) is 33.0 Å². The Bertz CT molecular complexity index is 915. The van der Waals surface area contributed by atoms with Gasteiger partial charge in [-0.25, -0.2) is 9.78 Å². The Morgan fingerprint density at radius 2 is 1.84 bits per heavy atom. The van der Waals surface area contributed by atoms with E-state index in [1.807, 2.05) is 17.0 Å². The van der Waals surface area contributed by atoms with Gasteiger partial charge in [0.25, 0.3) is 0 Å². The van der Waals surface area contributed by atoms with Crippen LogP contribution in [0.1, 0.15) is 34.8 Å². The minimum atomic E-state index is -0.345. The van der Waals surface area contributed by atoms with Gasteiger partial charge in [0.15, 0.2) is 0 Å². The monoisotopic (exact) mass is 422 g/mol. The molecule has 7 heteroatoms. The summed E-state index contributed by atoms with van der Waals surface area (Å²) < 4.78 is 5.02. The fourth-order valence-corrected chi connectivity index (χ4v) is 4.27. The van der Waals surface area contributed by atoms with Crippen molar-refractivity contribution < 1.29 is 14.3 Å². The number of nitrogens with zero attached hydrogens (tertiary/aromatic N) is 4. The molecule has 0 aliphatic carbocycles. The van der Waals surface area contributed by atoms with E-state index in [1.54, 1.807) is 19.2 Å². The maximum atomic E-state index is 12.9. The van der Waals surface area contributed by atoms with Crippen molar-refractivity contribution in [3.8, 4) is 0 Å². The van der Waals surface area contributed by atoms with E-state index in [1.165, 1.54) is 11.1 Å². The summed E-state index contributed by atoms with van der Waals surface area (Å²) in [7, 11) is 0. The molecule has 0 unspecified atom stereocenters. The number of benzene rings is 1. The predicted octanol–water partition coefficient (Wildman–Crippen LogP) is 2.36. The molecule has 164 valence electrons. The molecular weight excluding hydrogens is 392 g/mol. The van der Waals surface area contributed by atoms with Gasteiger partial charge in [0.2, 0.25) is 5.91 Å². The summed E-state index contributed by atoms with van der Waals surface area (Å²) in [6, 6.07) is 12.0. The van der Waals surface area contributed by atoms with Crippen molar-refractivity contribution in [3.05, 3.63) is 59.3 Å². The highest BCUT2D eigenvalue weighted by Crippen LogP contribution is 2.19. The van der Waals surface area contributed by atoms with Crippen LogP contribution in [0.25, 0.3) is 0 Å². The van der Waals surface area contributed by atoms with E-state index in [4.69, 9.17) is 4.74 Å². The molecule has 0 atom stereocenters. The van der Waals surface area contributed by atoms with Crippen molar-refractivity contribution >= 4 is 17.7 Å². The van der Waals surface area contributed by atoms with Gasteiger partial charge in [0, 0.05) is 45.5 Å². The summed E-state index contributed by atoms with van der Waals surface area (Å²) in [4.78, 5) is 35.6. The molecule has 4 rings (SSSR count). The second-order valence-electron chi connectivity index (χ2n) is 8.08. The maximum Gasteiger partial charge on any atom is 0.339 e. The molecule has 2 aliphatic heterocycles. The fraction of sp³-hybridized carbons (Fsp3) is 0.458. The van der Waals surface area contributed by atoms with Gasteiger partial charge in [-0.05, 0) is 43.0 Å². The molecule has 0 bridgehead atoms. The Morgan fingerprint density at radius 1 is 1.00 bits per heavy atom. The second-order valence-corrected chi connectivity index (χ2v) is 8.08. The molecule has 2 aromatic rings. The number of rotatable bonds is 5. The van der Waals surface area contributed by atoms with Gasteiger partial charge < -0.3 is 14.5 Å². The third-order valence-corrected chi connectivity index (χ3v) is 6.01. The van der Waals surface area contributed by atoms with Crippen LogP contribution in [-0.4, -0.2) is 72.5 Å². The van der Waals surface area contributed by atoms with Gasteiger partial charge >= 0.3 is 5.97 Å². The number of carbonyl (C=O) groups excluding carboxylic acids is 2. The lowest BCUT2D eigenvalue weighted by Crippen LogP contribution is -2.43. The molecule has 0 radical (unpaired) electrons. The van der Waals surface area contributed by atoms with E-state index in [0.717, 1.165) is 51.4 Å². The van der Waals surface area contributed by atoms with Crippen molar-refractivity contribution in [1.82, 2.24) is 14.8 Å². The average molecular weight is 423 g/mol. The molecule has 2 aliphatic rings. The van der Waals surface area contributed by atoms with Crippen LogP contribution < -0.4 is 4.90 Å². The summed E-state index contributed by atoms with van der Waals surface area (Å²) in [5.41, 5.74) is 3.09. The van der Waals surface area contributed by atoms with Crippen molar-refractivity contribution in [3.63, 3.8) is 0 Å². The number of hydrogen-bond donors (Lipinski definition) is 0. The lowest BCUT2D eigenvalue weighted by molar-refractivity contribution is -0.133. The Balaban J connectivity index is 1.30. The highest BCUT2D eigenvalue weighted by Gasteiger charge is 2.24. The summed E-state index contributed by atoms with van der Waals surface area (Å²) in [6.07, 6.45) is 3.48. The zero-order valence-electron chi connectivity index (χ0n) is 18.1. The van der Waals surface area contributed by atoms with Gasteiger partial charge in [-0.15, -0.1) is 0 Å². The number of amides is 1. The van der Waals surface area contributed by atoms with Gasteiger partial charge in [-0.3, -0.25) is 9.69 Å². The van der Waals surface area contributed by atoms with E-state index in [0.29, 0.717) is 25.3 Å². The fourth-order valence-electron chi connectivity index (χ4n) is 4.27. The number of ether oxygens (including phenoxy) is 1. The quantitative estimate of drug-likeness (QED) is 0.690. The number of aromatic nitrogens is 1. The van der Waals surface area contributed by atoms with E-state index < -0.39 is 0 Å². The summed E-state index contributed by atoms with van der Waals surface area (Å²) in [5.74, 6) is 0.719. The number of esters is 1. The van der Waals surface area contributed by atoms with E-state index in [9.17, 15) is 9.59 Å². The van der Waals surface area contributed by atoms with Crippen LogP contribution in [0.15, 0.2) is 42.6 Å². The molecule has 1 fully saturated rings. The molecule has 1 aromatic heterocycles. The third kappa shape index (κ3) is 5.22. The zero-order chi connectivity index (χ0) is 21.6. The van der Waals surface area contributed by atoms with Crippen molar-refractivity contribution in [2.75, 3.05) is 50.8 Å². The summed E-state index contributed by atoms with van der Waals surface area (Å²) >= 11 is 0. The summed E-state index contributed by atoms with van der Waals surface area (Å²) in [5, 5.41) is 0. The molecule has 1 aromatic carbocycles. The van der Waals surface area contributed by atoms with Crippen LogP contribution in [-0.2, 0) is 22.5 Å². The molecule has 1 amide bonds. The molecule has 0 N–H and O–H groups in total. The Morgan fingerprint density at radius 3 is 2.61 bits per heavy atom. The van der Waals surface area contributed by atoms with Gasteiger partial charge in [0.05, 0.1) is 18.7 Å². The van der Waals surface area contributed by atoms with Crippen molar-refractivity contribution in [1.29, 1.82) is 0 Å². The Labute approximate surface area is 183 Å². The maximum absolute atomic E-state index is 12.9. The summed E-state index contributed by atoms with van der Waals surface area (Å²) in [6.45, 7) is 7.52. The van der Waals surface area contributed by atoms with Gasteiger partial charge in [-0.2, -0.15) is 0 Å². The largest absolute Gasteiger partial charge is 0.462 e. The minimum Gasteiger partial charge on any atom is -0.462 e. The second kappa shape index (κ2) is 9.92. The zero-order valence-corrected chi connectivity index (χ0v) is 18.1. The van der Waals surface area contributed by atoms with E-state index in [-0.39, 0.29) is 11.9 Å². The highest BCUT2D eigenvalue weighted by atomic mass is 16.5. The standard InChI is InChI=1S/C24H30N4O3/c1-2-31-24(30)20-8-9-22(25-16-20)27-12-5-11-26(14-15-27)18-23(29)28-13-10-19-6-3-4-7-21(19)17-28/h3-4,6-9,16H,2,5,10-15,17-18H2,1H3. The number of anilines is 1. The SMILES string of the molecule is CCOC(=O)c1ccc(N2CCCN(CC(=O)N3CCc4ccccc4C3)CC2)nc1. The molecule has 7 nitrogen and oxygen atoms in total. The number of hydrogen-bond acceptors (Lipinski definition) is 6. The first-order valence-corrected chi connectivity index (χ1v) is 11.1. The number of carbonyl (C=O) groups is 2. The third-order valence-electron chi connectivity index (χ3n) is 6.01. The molecule has 3 heterocycles. The smallest absolute Gasteiger partial charge is 0.339 e. The lowest BCUT2D eigenvalue weighted by atomic mass is 10.00. The first-order valence-electron chi connectivity index (χ1n) is 11.1. The lowest BCUT2D eigenvalue weighted by Gasteiger charge is -2.31. The van der Waals surface area contributed by atoms with Crippen LogP contribution in [0.3, 0.4) is 0 Å². The minimum absolute atomic E-state index is 0.208. The highest BCUT2D eigenvalue weighted by molar-refractivity contribution is 5.89. The van der Waals surface area contributed by atoms with Crippen LogP contribution in [0.4, 0.5) is 5.82 Å². The van der Waals surface area contributed by atoms with Gasteiger partial charge in [0.1, 0.15) is 5.82 Å². The molecule has 0 spiro atoms. The van der Waals surface area contributed by atoms with Crippen LogP contribution in [0.2, 0.25) is 0 Å². The molecule has 31 heavy (non-hydrogen) atoms. The predicted molar refractivity (Wildman–Crippen MR) is 119 cm³/mol. The van der Waals surface area contributed by atoms with Crippen LogP contribution >= 0.6 is 0 Å². The first kappa shape index (κ1) is 21.3. The average Bonchev–Trinajstić information content (AvgIpc) is 3.04. The van der Waals surface area contributed by atoms with Crippen molar-refractivity contribution in [2.24, 2.45) is 0 Å². The molecule has 0 saturated carbocycles. The molecule has 1 saturated heterocycles. The van der Waals surface area contributed by atoms with Crippen LogP contribution in [0, 0.1) is 0 Å². The molecular formula is C24H30N4O3. The van der Waals surface area contributed by atoms with E-state index >= 15 is 0 Å². The van der Waals surface area contributed by atoms with Crippen molar-refractivity contribution in [2.45, 2.75) is 26.3 Å². The Hall–Kier alpha value is -2.93.